The van der Waals surface area contributed by atoms with Crippen molar-refractivity contribution >= 4 is 0 Å². The second-order valence-electron chi connectivity index (χ2n) is 4.29. The van der Waals surface area contributed by atoms with E-state index in [1.165, 1.54) is 0 Å². The Bertz CT molecular complexity index is 463. The van der Waals surface area contributed by atoms with Crippen molar-refractivity contribution in [3.63, 3.8) is 0 Å². The molecule has 84 valence electrons. The first kappa shape index (κ1) is 10.7. The second kappa shape index (κ2) is 4.35. The van der Waals surface area contributed by atoms with E-state index in [2.05, 4.69) is 18.9 Å². The molecule has 0 saturated heterocycles. The van der Waals surface area contributed by atoms with E-state index in [0.717, 1.165) is 16.7 Å². The Balaban J connectivity index is 2.30. The standard InChI is InChI=1S/C12H16N3O/c1-10(2)8-11-4-5-12(15(16)9-11)14-7-3-6-13-14/h3-7,9-10,16H,8H2,1-2H3/q+1. The number of nitrogens with zero attached hydrogens (tertiary/aromatic N) is 3. The molecule has 2 rings (SSSR count). The third-order valence-electron chi connectivity index (χ3n) is 2.35. The average molecular weight is 218 g/mol. The Morgan fingerprint density at radius 2 is 2.25 bits per heavy atom. The molecule has 0 aromatic carbocycles. The maximum absolute atomic E-state index is 9.83. The summed E-state index contributed by atoms with van der Waals surface area (Å²) >= 11 is 0. The van der Waals surface area contributed by atoms with Crippen molar-refractivity contribution in [2.45, 2.75) is 20.3 Å². The minimum absolute atomic E-state index is 0.579. The van der Waals surface area contributed by atoms with Crippen LogP contribution in [0.3, 0.4) is 0 Å². The molecule has 0 saturated carbocycles. The Morgan fingerprint density at radius 3 is 2.81 bits per heavy atom. The van der Waals surface area contributed by atoms with Crippen LogP contribution < -0.4 is 4.73 Å². The summed E-state index contributed by atoms with van der Waals surface area (Å²) in [4.78, 5) is 0. The summed E-state index contributed by atoms with van der Waals surface area (Å²) in [5, 5.41) is 13.9. The van der Waals surface area contributed by atoms with E-state index in [4.69, 9.17) is 0 Å². The van der Waals surface area contributed by atoms with Crippen LogP contribution in [0.2, 0.25) is 0 Å². The molecule has 2 heterocycles. The predicted octanol–water partition coefficient (Wildman–Crippen LogP) is 1.60. The van der Waals surface area contributed by atoms with E-state index in [0.29, 0.717) is 11.7 Å². The molecule has 0 spiro atoms. The Morgan fingerprint density at radius 1 is 1.44 bits per heavy atom. The van der Waals surface area contributed by atoms with Crippen molar-refractivity contribution in [2.24, 2.45) is 5.92 Å². The summed E-state index contributed by atoms with van der Waals surface area (Å²) in [5.41, 5.74) is 1.12. The third-order valence-corrected chi connectivity index (χ3v) is 2.35. The van der Waals surface area contributed by atoms with Crippen LogP contribution in [-0.2, 0) is 6.42 Å². The van der Waals surface area contributed by atoms with E-state index in [-0.39, 0.29) is 0 Å². The fourth-order valence-corrected chi connectivity index (χ4v) is 1.70. The van der Waals surface area contributed by atoms with Gasteiger partial charge in [-0.2, -0.15) is 0 Å². The van der Waals surface area contributed by atoms with Crippen molar-refractivity contribution < 1.29 is 9.94 Å². The first-order valence-corrected chi connectivity index (χ1v) is 5.40. The Labute approximate surface area is 94.7 Å². The van der Waals surface area contributed by atoms with Crippen molar-refractivity contribution in [1.29, 1.82) is 0 Å². The van der Waals surface area contributed by atoms with Crippen LogP contribution in [0.4, 0.5) is 0 Å². The van der Waals surface area contributed by atoms with E-state index in [9.17, 15) is 5.21 Å². The first-order chi connectivity index (χ1) is 7.66. The van der Waals surface area contributed by atoms with Crippen LogP contribution in [0.5, 0.6) is 0 Å². The van der Waals surface area contributed by atoms with E-state index in [1.54, 1.807) is 23.3 Å². The lowest BCUT2D eigenvalue weighted by atomic mass is 10.1. The van der Waals surface area contributed by atoms with Gasteiger partial charge in [-0.3, -0.25) is 0 Å². The summed E-state index contributed by atoms with van der Waals surface area (Å²) < 4.78 is 2.74. The second-order valence-corrected chi connectivity index (χ2v) is 4.29. The van der Waals surface area contributed by atoms with E-state index < -0.39 is 0 Å². The molecule has 2 aromatic heterocycles. The number of rotatable bonds is 3. The molecule has 16 heavy (non-hydrogen) atoms. The molecule has 4 heteroatoms. The highest BCUT2D eigenvalue weighted by molar-refractivity contribution is 5.18. The van der Waals surface area contributed by atoms with E-state index in [1.807, 2.05) is 18.2 Å². The molecular formula is C12H16N3O+. The molecular weight excluding hydrogens is 202 g/mol. The van der Waals surface area contributed by atoms with Crippen LogP contribution in [0.1, 0.15) is 19.4 Å². The fraction of sp³-hybridized carbons (Fsp3) is 0.333. The SMILES string of the molecule is CC(C)Cc1ccc(-n2cccn2)[n+](O)c1. The van der Waals surface area contributed by atoms with Gasteiger partial charge in [-0.15, -0.1) is 4.68 Å². The minimum Gasteiger partial charge on any atom is -0.350 e. The Kier molecular flexibility index (Phi) is 2.90. The van der Waals surface area contributed by atoms with Gasteiger partial charge in [0.1, 0.15) is 12.4 Å². The molecule has 0 atom stereocenters. The molecule has 0 aliphatic heterocycles. The Hall–Kier alpha value is -1.84. The number of hydrogen-bond acceptors (Lipinski definition) is 2. The normalized spacial score (nSPS) is 10.9. The molecule has 0 unspecified atom stereocenters. The largest absolute Gasteiger partial charge is 0.350 e. The topological polar surface area (TPSA) is 41.9 Å². The number of aromatic nitrogens is 3. The molecule has 0 aliphatic carbocycles. The highest BCUT2D eigenvalue weighted by Crippen LogP contribution is 2.07. The summed E-state index contributed by atoms with van der Waals surface area (Å²) in [6.45, 7) is 4.31. The van der Waals surface area contributed by atoms with Gasteiger partial charge in [0.15, 0.2) is 0 Å². The predicted molar refractivity (Wildman–Crippen MR) is 59.5 cm³/mol. The zero-order chi connectivity index (χ0) is 11.5. The van der Waals surface area contributed by atoms with Crippen molar-refractivity contribution in [3.8, 4) is 5.82 Å². The zero-order valence-corrected chi connectivity index (χ0v) is 9.54. The summed E-state index contributed by atoms with van der Waals surface area (Å²) in [6, 6.07) is 5.70. The third kappa shape index (κ3) is 2.21. The van der Waals surface area contributed by atoms with Gasteiger partial charge >= 0.3 is 5.82 Å². The molecule has 0 aliphatic rings. The molecule has 1 N–H and O–H groups in total. The fourth-order valence-electron chi connectivity index (χ4n) is 1.70. The summed E-state index contributed by atoms with van der Waals surface area (Å²) in [7, 11) is 0. The van der Waals surface area contributed by atoms with Gasteiger partial charge < -0.3 is 5.21 Å². The molecule has 0 radical (unpaired) electrons. The van der Waals surface area contributed by atoms with Gasteiger partial charge in [-0.1, -0.05) is 18.9 Å². The van der Waals surface area contributed by atoms with Crippen LogP contribution in [0.25, 0.3) is 5.82 Å². The lowest BCUT2D eigenvalue weighted by Gasteiger charge is -2.04. The van der Waals surface area contributed by atoms with Gasteiger partial charge in [0.2, 0.25) is 0 Å². The number of hydrogen-bond donors (Lipinski definition) is 1. The molecule has 0 fully saturated rings. The van der Waals surface area contributed by atoms with Crippen molar-refractivity contribution in [1.82, 2.24) is 9.78 Å². The molecule has 0 bridgehead atoms. The van der Waals surface area contributed by atoms with Gasteiger partial charge in [0.25, 0.3) is 0 Å². The van der Waals surface area contributed by atoms with Crippen LogP contribution in [-0.4, -0.2) is 15.0 Å². The molecule has 2 aromatic rings. The average Bonchev–Trinajstić information content (AvgIpc) is 2.69. The highest BCUT2D eigenvalue weighted by atomic mass is 16.5. The number of pyridine rings is 1. The van der Waals surface area contributed by atoms with Gasteiger partial charge in [-0.05, 0) is 28.7 Å². The van der Waals surface area contributed by atoms with Crippen molar-refractivity contribution in [2.75, 3.05) is 0 Å². The maximum atomic E-state index is 9.83. The summed E-state index contributed by atoms with van der Waals surface area (Å²) in [6.07, 6.45) is 6.17. The quantitative estimate of drug-likeness (QED) is 0.628. The van der Waals surface area contributed by atoms with Crippen LogP contribution in [0.15, 0.2) is 36.8 Å². The zero-order valence-electron chi connectivity index (χ0n) is 9.54. The van der Waals surface area contributed by atoms with Gasteiger partial charge in [-0.25, -0.2) is 0 Å². The summed E-state index contributed by atoms with van der Waals surface area (Å²) in [5.74, 6) is 1.22. The first-order valence-electron chi connectivity index (χ1n) is 5.40. The van der Waals surface area contributed by atoms with E-state index >= 15 is 0 Å². The minimum atomic E-state index is 0.579. The lowest BCUT2D eigenvalue weighted by molar-refractivity contribution is -0.900. The monoisotopic (exact) mass is 218 g/mol. The highest BCUT2D eigenvalue weighted by Gasteiger charge is 2.12. The van der Waals surface area contributed by atoms with Crippen LogP contribution >= 0.6 is 0 Å². The maximum Gasteiger partial charge on any atom is 0.345 e. The molecule has 0 amide bonds. The van der Waals surface area contributed by atoms with Gasteiger partial charge in [0.05, 0.1) is 6.20 Å². The van der Waals surface area contributed by atoms with Crippen molar-refractivity contribution in [3.05, 3.63) is 42.4 Å². The lowest BCUT2D eigenvalue weighted by Crippen LogP contribution is -2.36. The van der Waals surface area contributed by atoms with Crippen LogP contribution in [0, 0.1) is 5.92 Å². The van der Waals surface area contributed by atoms with Gasteiger partial charge in [0, 0.05) is 12.1 Å². The molecule has 4 nitrogen and oxygen atoms in total. The smallest absolute Gasteiger partial charge is 0.345 e.